The van der Waals surface area contributed by atoms with Gasteiger partial charge in [-0.05, 0) is 45.1 Å². The number of hydrogen-bond acceptors (Lipinski definition) is 4. The summed E-state index contributed by atoms with van der Waals surface area (Å²) in [5, 5.41) is 20.1. The van der Waals surface area contributed by atoms with Crippen molar-refractivity contribution in [2.24, 2.45) is 0 Å². The molecule has 1 fully saturated rings. The van der Waals surface area contributed by atoms with E-state index in [1.54, 1.807) is 6.92 Å². The molecular weight excluding hydrogens is 276 g/mol. The topological polar surface area (TPSA) is 46.9 Å². The Morgan fingerprint density at radius 1 is 1.45 bits per heavy atom. The zero-order valence-corrected chi connectivity index (χ0v) is 13.0. The predicted octanol–water partition coefficient (Wildman–Crippen LogP) is 1.89. The van der Waals surface area contributed by atoms with Gasteiger partial charge in [0.25, 0.3) is 0 Å². The van der Waals surface area contributed by atoms with E-state index in [4.69, 9.17) is 11.6 Å². The van der Waals surface area contributed by atoms with Crippen LogP contribution in [-0.4, -0.2) is 54.4 Å². The van der Waals surface area contributed by atoms with Gasteiger partial charge >= 0.3 is 0 Å². The van der Waals surface area contributed by atoms with Gasteiger partial charge in [-0.3, -0.25) is 0 Å². The smallest absolute Gasteiger partial charge is 0.0776 e. The van der Waals surface area contributed by atoms with Crippen LogP contribution in [0.25, 0.3) is 0 Å². The second-order valence-corrected chi connectivity index (χ2v) is 6.25. The molecule has 3 unspecified atom stereocenters. The molecule has 2 N–H and O–H groups in total. The minimum absolute atomic E-state index is 0.286. The highest BCUT2D eigenvalue weighted by atomic mass is 35.5. The maximum absolute atomic E-state index is 9.92. The molecule has 20 heavy (non-hydrogen) atoms. The first kappa shape index (κ1) is 15.6. The largest absolute Gasteiger partial charge is 0.391 e. The Kier molecular flexibility index (Phi) is 4.91. The molecular formula is C15H23ClN2O2. The van der Waals surface area contributed by atoms with Gasteiger partial charge in [-0.1, -0.05) is 17.7 Å². The standard InChI is InChI=1S/C15H23ClN2O2/c1-10(19)14-5-4-11(7-15(14)16)18-9-13(20)6-12(18)8-17(2)3/h4-5,7,10,12-13,19-20H,6,8-9H2,1-3H3. The van der Waals surface area contributed by atoms with Crippen LogP contribution in [0.1, 0.15) is 25.0 Å². The number of benzene rings is 1. The van der Waals surface area contributed by atoms with Crippen LogP contribution in [0.4, 0.5) is 5.69 Å². The Labute approximate surface area is 125 Å². The van der Waals surface area contributed by atoms with Gasteiger partial charge in [0.15, 0.2) is 0 Å². The molecule has 1 aromatic rings. The van der Waals surface area contributed by atoms with E-state index in [2.05, 4.69) is 9.80 Å². The molecule has 0 radical (unpaired) electrons. The first-order chi connectivity index (χ1) is 9.38. The summed E-state index contributed by atoms with van der Waals surface area (Å²) in [6.07, 6.45) is -0.0954. The van der Waals surface area contributed by atoms with Crippen LogP contribution in [0.15, 0.2) is 18.2 Å². The summed E-state index contributed by atoms with van der Waals surface area (Å²) < 4.78 is 0. The molecule has 1 aliphatic rings. The first-order valence-corrected chi connectivity index (χ1v) is 7.33. The average molecular weight is 299 g/mol. The third-order valence-corrected chi connectivity index (χ3v) is 4.06. The van der Waals surface area contributed by atoms with Crippen LogP contribution in [0, 0.1) is 0 Å². The number of β-amino-alcohol motifs (C(OH)–C–C–N with tert-alkyl or cyclic N) is 1. The molecule has 5 heteroatoms. The van der Waals surface area contributed by atoms with Crippen molar-refractivity contribution < 1.29 is 10.2 Å². The van der Waals surface area contributed by atoms with E-state index < -0.39 is 6.10 Å². The van der Waals surface area contributed by atoms with E-state index in [0.29, 0.717) is 11.6 Å². The first-order valence-electron chi connectivity index (χ1n) is 6.95. The van der Waals surface area contributed by atoms with Gasteiger partial charge in [-0.25, -0.2) is 0 Å². The van der Waals surface area contributed by atoms with E-state index in [1.165, 1.54) is 0 Å². The van der Waals surface area contributed by atoms with Crippen molar-refractivity contribution in [3.63, 3.8) is 0 Å². The molecule has 0 aromatic heterocycles. The third-order valence-electron chi connectivity index (χ3n) is 3.73. The highest BCUT2D eigenvalue weighted by Crippen LogP contribution is 2.32. The molecule has 1 heterocycles. The normalized spacial score (nSPS) is 24.4. The number of aliphatic hydroxyl groups is 2. The quantitative estimate of drug-likeness (QED) is 0.891. The van der Waals surface area contributed by atoms with Crippen LogP contribution in [0.5, 0.6) is 0 Å². The fourth-order valence-electron chi connectivity index (χ4n) is 2.84. The maximum atomic E-state index is 9.92. The van der Waals surface area contributed by atoms with Crippen LogP contribution >= 0.6 is 11.6 Å². The van der Waals surface area contributed by atoms with Gasteiger partial charge in [0.2, 0.25) is 0 Å². The van der Waals surface area contributed by atoms with Crippen molar-refractivity contribution in [1.82, 2.24) is 4.90 Å². The highest BCUT2D eigenvalue weighted by molar-refractivity contribution is 6.31. The van der Waals surface area contributed by atoms with E-state index in [0.717, 1.165) is 24.2 Å². The molecule has 0 aliphatic carbocycles. The number of nitrogens with zero attached hydrogens (tertiary/aromatic N) is 2. The Balaban J connectivity index is 2.23. The van der Waals surface area contributed by atoms with Crippen LogP contribution in [0.3, 0.4) is 0 Å². The Bertz CT molecular complexity index is 465. The van der Waals surface area contributed by atoms with Crippen molar-refractivity contribution in [3.05, 3.63) is 28.8 Å². The number of likely N-dealkylation sites (N-methyl/N-ethyl adjacent to an activating group) is 1. The molecule has 1 aliphatic heterocycles. The summed E-state index contributed by atoms with van der Waals surface area (Å²) in [7, 11) is 4.07. The lowest BCUT2D eigenvalue weighted by Crippen LogP contribution is -2.37. The number of hydrogen-bond donors (Lipinski definition) is 2. The monoisotopic (exact) mass is 298 g/mol. The maximum Gasteiger partial charge on any atom is 0.0776 e. The van der Waals surface area contributed by atoms with Gasteiger partial charge < -0.3 is 20.0 Å². The third kappa shape index (κ3) is 3.44. The Hall–Kier alpha value is -0.810. The van der Waals surface area contributed by atoms with Crippen molar-refractivity contribution in [2.75, 3.05) is 32.1 Å². The summed E-state index contributed by atoms with van der Waals surface area (Å²) in [4.78, 5) is 4.32. The average Bonchev–Trinajstić information content (AvgIpc) is 2.68. The van der Waals surface area contributed by atoms with Gasteiger partial charge in [0, 0.05) is 29.8 Å². The van der Waals surface area contributed by atoms with Crippen LogP contribution in [0.2, 0.25) is 5.02 Å². The Morgan fingerprint density at radius 2 is 2.15 bits per heavy atom. The molecule has 0 saturated carbocycles. The second-order valence-electron chi connectivity index (χ2n) is 5.84. The fourth-order valence-corrected chi connectivity index (χ4v) is 3.17. The van der Waals surface area contributed by atoms with E-state index in [9.17, 15) is 10.2 Å². The molecule has 112 valence electrons. The van der Waals surface area contributed by atoms with Gasteiger partial charge in [-0.15, -0.1) is 0 Å². The zero-order valence-electron chi connectivity index (χ0n) is 12.3. The van der Waals surface area contributed by atoms with E-state index in [-0.39, 0.29) is 12.1 Å². The highest BCUT2D eigenvalue weighted by Gasteiger charge is 2.31. The van der Waals surface area contributed by atoms with Crippen LogP contribution in [-0.2, 0) is 0 Å². The second kappa shape index (κ2) is 6.31. The lowest BCUT2D eigenvalue weighted by atomic mass is 10.1. The summed E-state index contributed by atoms with van der Waals surface area (Å²) in [6.45, 7) is 3.23. The van der Waals surface area contributed by atoms with Crippen molar-refractivity contribution >= 4 is 17.3 Å². The molecule has 3 atom stereocenters. The van der Waals surface area contributed by atoms with Gasteiger partial charge in [-0.2, -0.15) is 0 Å². The predicted molar refractivity (Wildman–Crippen MR) is 82.4 cm³/mol. The number of anilines is 1. The fraction of sp³-hybridized carbons (Fsp3) is 0.600. The van der Waals surface area contributed by atoms with Crippen molar-refractivity contribution in [2.45, 2.75) is 31.6 Å². The number of aliphatic hydroxyl groups excluding tert-OH is 2. The minimum atomic E-state index is -0.571. The minimum Gasteiger partial charge on any atom is -0.391 e. The molecule has 2 rings (SSSR count). The number of rotatable bonds is 4. The zero-order chi connectivity index (χ0) is 14.9. The van der Waals surface area contributed by atoms with Gasteiger partial charge in [0.1, 0.15) is 0 Å². The van der Waals surface area contributed by atoms with E-state index in [1.807, 2.05) is 32.3 Å². The molecule has 0 bridgehead atoms. The number of halogens is 1. The SMILES string of the molecule is CC(O)c1ccc(N2CC(O)CC2CN(C)C)cc1Cl. The summed E-state index contributed by atoms with van der Waals surface area (Å²) in [5.41, 5.74) is 1.74. The summed E-state index contributed by atoms with van der Waals surface area (Å²) in [6, 6.07) is 5.99. The lowest BCUT2D eigenvalue weighted by molar-refractivity contribution is 0.191. The Morgan fingerprint density at radius 3 is 2.70 bits per heavy atom. The molecule has 1 aromatic carbocycles. The lowest BCUT2D eigenvalue weighted by Gasteiger charge is -2.29. The molecule has 0 spiro atoms. The van der Waals surface area contributed by atoms with Crippen molar-refractivity contribution in [1.29, 1.82) is 0 Å². The molecule has 1 saturated heterocycles. The molecule has 0 amide bonds. The van der Waals surface area contributed by atoms with Crippen molar-refractivity contribution in [3.8, 4) is 0 Å². The molecule has 4 nitrogen and oxygen atoms in total. The van der Waals surface area contributed by atoms with E-state index >= 15 is 0 Å². The summed E-state index contributed by atoms with van der Waals surface area (Å²) >= 11 is 6.23. The van der Waals surface area contributed by atoms with Gasteiger partial charge in [0.05, 0.1) is 12.2 Å². The van der Waals surface area contributed by atoms with Crippen LogP contribution < -0.4 is 4.90 Å². The summed E-state index contributed by atoms with van der Waals surface area (Å²) in [5.74, 6) is 0.